The SMILES string of the molecule is COc1ccc(Cc2nn(CN(C)CC(=O)NC(C)C)c(=S)o2)cc1. The van der Waals surface area contributed by atoms with Crippen LogP contribution < -0.4 is 10.1 Å². The van der Waals surface area contributed by atoms with E-state index in [1.165, 1.54) is 0 Å². The molecule has 136 valence electrons. The van der Waals surface area contributed by atoms with Gasteiger partial charge in [0, 0.05) is 6.04 Å². The Morgan fingerprint density at radius 1 is 1.40 bits per heavy atom. The van der Waals surface area contributed by atoms with Gasteiger partial charge in [-0.05, 0) is 50.8 Å². The maximum atomic E-state index is 11.8. The number of amides is 1. The summed E-state index contributed by atoms with van der Waals surface area (Å²) in [5.74, 6) is 1.30. The van der Waals surface area contributed by atoms with Gasteiger partial charge >= 0.3 is 0 Å². The van der Waals surface area contributed by atoms with Gasteiger partial charge in [-0.2, -0.15) is 0 Å². The van der Waals surface area contributed by atoms with Crippen LogP contribution in [-0.4, -0.2) is 47.3 Å². The topological polar surface area (TPSA) is 72.5 Å². The number of aromatic nitrogens is 2. The molecule has 1 aromatic heterocycles. The molecule has 1 aromatic carbocycles. The Morgan fingerprint density at radius 3 is 2.68 bits per heavy atom. The third-order valence-electron chi connectivity index (χ3n) is 3.40. The Hall–Kier alpha value is -2.19. The van der Waals surface area contributed by atoms with E-state index in [1.54, 1.807) is 11.8 Å². The molecular weight excluding hydrogens is 340 g/mol. The van der Waals surface area contributed by atoms with Gasteiger partial charge < -0.3 is 14.5 Å². The van der Waals surface area contributed by atoms with Crippen LogP contribution in [-0.2, 0) is 17.9 Å². The van der Waals surface area contributed by atoms with Crippen LogP contribution in [0.5, 0.6) is 5.75 Å². The summed E-state index contributed by atoms with van der Waals surface area (Å²) in [5, 5.41) is 7.25. The molecule has 0 saturated heterocycles. The van der Waals surface area contributed by atoms with E-state index in [4.69, 9.17) is 21.4 Å². The number of likely N-dealkylation sites (N-methyl/N-ethyl adjacent to an activating group) is 1. The van der Waals surface area contributed by atoms with Gasteiger partial charge in [0.25, 0.3) is 4.84 Å². The second kappa shape index (κ2) is 8.77. The molecule has 8 heteroatoms. The normalized spacial score (nSPS) is 11.1. The Labute approximate surface area is 152 Å². The predicted molar refractivity (Wildman–Crippen MR) is 97.0 cm³/mol. The first-order valence-electron chi connectivity index (χ1n) is 8.05. The van der Waals surface area contributed by atoms with E-state index >= 15 is 0 Å². The molecule has 2 rings (SSSR count). The number of carbonyl (C=O) groups excluding carboxylic acids is 1. The lowest BCUT2D eigenvalue weighted by Crippen LogP contribution is -2.39. The fraction of sp³-hybridized carbons (Fsp3) is 0.471. The highest BCUT2D eigenvalue weighted by Gasteiger charge is 2.12. The van der Waals surface area contributed by atoms with Gasteiger partial charge in [0.05, 0.1) is 26.7 Å². The third-order valence-corrected chi connectivity index (χ3v) is 3.70. The number of ether oxygens (including phenoxy) is 1. The number of carbonyl (C=O) groups is 1. The van der Waals surface area contributed by atoms with E-state index in [0.717, 1.165) is 11.3 Å². The number of hydrogen-bond acceptors (Lipinski definition) is 6. The standard InChI is InChI=1S/C17H24N4O3S/c1-12(2)18-15(22)10-20(3)11-21-17(25)24-16(19-21)9-13-5-7-14(23-4)8-6-13/h5-8,12H,9-11H2,1-4H3,(H,18,22). The predicted octanol–water partition coefficient (Wildman–Crippen LogP) is 2.22. The van der Waals surface area contributed by atoms with E-state index in [2.05, 4.69) is 10.4 Å². The molecule has 0 aliphatic heterocycles. The highest BCUT2D eigenvalue weighted by molar-refractivity contribution is 7.71. The van der Waals surface area contributed by atoms with Crippen LogP contribution in [0.25, 0.3) is 0 Å². The minimum absolute atomic E-state index is 0.0361. The van der Waals surface area contributed by atoms with Crippen molar-refractivity contribution in [2.45, 2.75) is 33.0 Å². The first-order valence-corrected chi connectivity index (χ1v) is 8.46. The van der Waals surface area contributed by atoms with E-state index in [1.807, 2.05) is 50.1 Å². The molecule has 0 bridgehead atoms. The first-order chi connectivity index (χ1) is 11.9. The summed E-state index contributed by atoms with van der Waals surface area (Å²) >= 11 is 5.22. The van der Waals surface area contributed by atoms with Crippen molar-refractivity contribution in [2.75, 3.05) is 20.7 Å². The number of nitrogens with zero attached hydrogens (tertiary/aromatic N) is 3. The van der Waals surface area contributed by atoms with Crippen molar-refractivity contribution >= 4 is 18.1 Å². The Kier molecular flexibility index (Phi) is 6.72. The summed E-state index contributed by atoms with van der Waals surface area (Å²) in [6, 6.07) is 7.81. The number of rotatable bonds is 8. The lowest BCUT2D eigenvalue weighted by atomic mass is 10.1. The highest BCUT2D eigenvalue weighted by Crippen LogP contribution is 2.14. The van der Waals surface area contributed by atoms with Crippen molar-refractivity contribution in [3.05, 3.63) is 40.6 Å². The molecule has 2 aromatic rings. The van der Waals surface area contributed by atoms with Crippen molar-refractivity contribution in [3.63, 3.8) is 0 Å². The summed E-state index contributed by atoms with van der Waals surface area (Å²) in [6.45, 7) is 4.51. The highest BCUT2D eigenvalue weighted by atomic mass is 32.1. The van der Waals surface area contributed by atoms with Crippen molar-refractivity contribution < 1.29 is 13.9 Å². The van der Waals surface area contributed by atoms with Crippen LogP contribution in [0.2, 0.25) is 0 Å². The number of benzene rings is 1. The average Bonchev–Trinajstić information content (AvgIpc) is 2.86. The van der Waals surface area contributed by atoms with E-state index in [0.29, 0.717) is 23.8 Å². The molecule has 25 heavy (non-hydrogen) atoms. The Balaban J connectivity index is 1.96. The molecule has 0 spiro atoms. The second-order valence-electron chi connectivity index (χ2n) is 6.16. The molecule has 1 heterocycles. The fourth-order valence-electron chi connectivity index (χ4n) is 2.32. The molecule has 0 fully saturated rings. The molecule has 0 unspecified atom stereocenters. The van der Waals surface area contributed by atoms with Crippen molar-refractivity contribution in [1.82, 2.24) is 20.0 Å². The Morgan fingerprint density at radius 2 is 2.08 bits per heavy atom. The minimum Gasteiger partial charge on any atom is -0.497 e. The van der Waals surface area contributed by atoms with Gasteiger partial charge in [-0.3, -0.25) is 9.69 Å². The first kappa shape index (κ1) is 19.1. The van der Waals surface area contributed by atoms with Crippen molar-refractivity contribution in [2.24, 2.45) is 0 Å². The lowest BCUT2D eigenvalue weighted by Gasteiger charge is -2.16. The van der Waals surface area contributed by atoms with Crippen LogP contribution in [0.1, 0.15) is 25.3 Å². The van der Waals surface area contributed by atoms with Crippen LogP contribution in [0, 0.1) is 4.84 Å². The average molecular weight is 364 g/mol. The van der Waals surface area contributed by atoms with Gasteiger partial charge in [-0.15, -0.1) is 5.10 Å². The summed E-state index contributed by atoms with van der Waals surface area (Å²) in [6.07, 6.45) is 0.540. The molecule has 0 aliphatic rings. The smallest absolute Gasteiger partial charge is 0.288 e. The summed E-state index contributed by atoms with van der Waals surface area (Å²) < 4.78 is 12.3. The summed E-state index contributed by atoms with van der Waals surface area (Å²) in [7, 11) is 3.47. The lowest BCUT2D eigenvalue weighted by molar-refractivity contribution is -0.122. The van der Waals surface area contributed by atoms with Crippen LogP contribution in [0.4, 0.5) is 0 Å². The molecule has 0 atom stereocenters. The number of nitrogens with one attached hydrogen (secondary N) is 1. The van der Waals surface area contributed by atoms with E-state index in [-0.39, 0.29) is 18.5 Å². The van der Waals surface area contributed by atoms with Gasteiger partial charge in [0.2, 0.25) is 11.8 Å². The molecule has 1 amide bonds. The third kappa shape index (κ3) is 5.99. The maximum Gasteiger partial charge on any atom is 0.288 e. The summed E-state index contributed by atoms with van der Waals surface area (Å²) in [4.78, 5) is 13.9. The maximum absolute atomic E-state index is 11.8. The zero-order chi connectivity index (χ0) is 18.4. The number of hydrogen-bond donors (Lipinski definition) is 1. The van der Waals surface area contributed by atoms with Crippen LogP contribution in [0.15, 0.2) is 28.7 Å². The second-order valence-corrected chi connectivity index (χ2v) is 6.51. The van der Waals surface area contributed by atoms with Gasteiger partial charge in [-0.1, -0.05) is 12.1 Å². The van der Waals surface area contributed by atoms with Gasteiger partial charge in [0.1, 0.15) is 5.75 Å². The summed E-state index contributed by atoms with van der Waals surface area (Å²) in [5.41, 5.74) is 1.05. The minimum atomic E-state index is -0.0361. The molecule has 0 radical (unpaired) electrons. The largest absolute Gasteiger partial charge is 0.497 e. The molecule has 0 saturated carbocycles. The van der Waals surface area contributed by atoms with E-state index < -0.39 is 0 Å². The monoisotopic (exact) mass is 364 g/mol. The number of methoxy groups -OCH3 is 1. The van der Waals surface area contributed by atoms with Crippen molar-refractivity contribution in [1.29, 1.82) is 0 Å². The molecule has 0 aliphatic carbocycles. The van der Waals surface area contributed by atoms with Gasteiger partial charge in [-0.25, -0.2) is 4.68 Å². The molecule has 1 N–H and O–H groups in total. The van der Waals surface area contributed by atoms with Gasteiger partial charge in [0.15, 0.2) is 0 Å². The molecular formula is C17H24N4O3S. The van der Waals surface area contributed by atoms with Crippen LogP contribution in [0.3, 0.4) is 0 Å². The Bertz CT molecular complexity index is 752. The zero-order valence-electron chi connectivity index (χ0n) is 15.0. The zero-order valence-corrected chi connectivity index (χ0v) is 15.8. The van der Waals surface area contributed by atoms with E-state index in [9.17, 15) is 4.79 Å². The molecule has 7 nitrogen and oxygen atoms in total. The van der Waals surface area contributed by atoms with Crippen molar-refractivity contribution in [3.8, 4) is 5.75 Å². The van der Waals surface area contributed by atoms with Crippen LogP contribution >= 0.6 is 12.2 Å². The quantitative estimate of drug-likeness (QED) is 0.724. The fourth-order valence-corrected chi connectivity index (χ4v) is 2.51.